The van der Waals surface area contributed by atoms with Crippen LogP contribution in [0.3, 0.4) is 0 Å². The van der Waals surface area contributed by atoms with Crippen LogP contribution in [0.15, 0.2) is 42.5 Å². The molecule has 2 aromatic carbocycles. The Morgan fingerprint density at radius 3 is 2.04 bits per heavy atom. The molecule has 1 heterocycles. The van der Waals surface area contributed by atoms with E-state index in [1.807, 2.05) is 6.07 Å². The molecular weight excluding hydrogens is 358 g/mol. The lowest BCUT2D eigenvalue weighted by Crippen LogP contribution is -2.55. The number of halogens is 2. The average molecular weight is 386 g/mol. The maximum Gasteiger partial charge on any atom is 0.149 e. The predicted molar refractivity (Wildman–Crippen MR) is 107 cm³/mol. The molecule has 0 spiro atoms. The van der Waals surface area contributed by atoms with E-state index in [9.17, 15) is 13.9 Å². The van der Waals surface area contributed by atoms with E-state index >= 15 is 0 Å². The van der Waals surface area contributed by atoms with E-state index in [2.05, 4.69) is 18.7 Å². The second-order valence-electron chi connectivity index (χ2n) is 8.55. The van der Waals surface area contributed by atoms with Crippen LogP contribution in [0.5, 0.6) is 0 Å². The van der Waals surface area contributed by atoms with Gasteiger partial charge in [-0.1, -0.05) is 30.3 Å². The largest absolute Gasteiger partial charge is 0.384 e. The highest BCUT2D eigenvalue weighted by atomic mass is 19.1. The summed E-state index contributed by atoms with van der Waals surface area (Å²) in [7, 11) is 0. The monoisotopic (exact) mass is 386 g/mol. The van der Waals surface area contributed by atoms with Gasteiger partial charge in [-0.3, -0.25) is 4.90 Å². The van der Waals surface area contributed by atoms with Crippen molar-refractivity contribution in [3.8, 4) is 0 Å². The third-order valence-electron chi connectivity index (χ3n) is 6.46. The van der Waals surface area contributed by atoms with Crippen molar-refractivity contribution in [2.45, 2.75) is 38.3 Å². The smallest absolute Gasteiger partial charge is 0.149 e. The fourth-order valence-corrected chi connectivity index (χ4v) is 4.43. The van der Waals surface area contributed by atoms with Crippen LogP contribution in [-0.2, 0) is 0 Å². The molecule has 28 heavy (non-hydrogen) atoms. The second kappa shape index (κ2) is 7.45. The van der Waals surface area contributed by atoms with Gasteiger partial charge in [0.2, 0.25) is 0 Å². The Kier molecular flexibility index (Phi) is 5.15. The number of rotatable bonds is 5. The lowest BCUT2D eigenvalue weighted by Gasteiger charge is -2.45. The Morgan fingerprint density at radius 2 is 1.50 bits per heavy atom. The molecule has 1 saturated carbocycles. The first-order chi connectivity index (χ1) is 13.4. The minimum atomic E-state index is -1.05. The van der Waals surface area contributed by atoms with Crippen molar-refractivity contribution < 1.29 is 13.9 Å². The first-order valence-corrected chi connectivity index (χ1v) is 10.1. The van der Waals surface area contributed by atoms with E-state index in [0.29, 0.717) is 18.7 Å². The summed E-state index contributed by atoms with van der Waals surface area (Å²) in [4.78, 5) is 4.24. The van der Waals surface area contributed by atoms with Crippen molar-refractivity contribution in [1.29, 1.82) is 0 Å². The maximum absolute atomic E-state index is 14.8. The van der Waals surface area contributed by atoms with Crippen LogP contribution in [0.4, 0.5) is 14.5 Å². The minimum absolute atomic E-state index is 0.0212. The number of hydrogen-bond acceptors (Lipinski definition) is 3. The first-order valence-electron chi connectivity index (χ1n) is 10.1. The zero-order valence-electron chi connectivity index (χ0n) is 16.5. The van der Waals surface area contributed by atoms with Crippen molar-refractivity contribution in [2.75, 3.05) is 31.1 Å². The van der Waals surface area contributed by atoms with Crippen LogP contribution in [0.1, 0.15) is 43.9 Å². The summed E-state index contributed by atoms with van der Waals surface area (Å²) in [5, 5.41) is 10.5. The van der Waals surface area contributed by atoms with Crippen LogP contribution in [0, 0.1) is 17.6 Å². The molecule has 2 aromatic rings. The number of aliphatic hydroxyl groups is 1. The molecule has 0 aromatic heterocycles. The van der Waals surface area contributed by atoms with Crippen LogP contribution >= 0.6 is 0 Å². The summed E-state index contributed by atoms with van der Waals surface area (Å²) in [6, 6.07) is 11.4. The SMILES string of the molecule is CC(C)(C1CC1)N1CCN(c2c(F)cc(C(O)c3ccccc3)cc2F)CC1. The number of aliphatic hydroxyl groups excluding tert-OH is 1. The van der Waals surface area contributed by atoms with E-state index in [1.165, 1.54) is 25.0 Å². The summed E-state index contributed by atoms with van der Waals surface area (Å²) in [6.07, 6.45) is 1.51. The Labute approximate surface area is 165 Å². The van der Waals surface area contributed by atoms with E-state index in [0.717, 1.165) is 19.0 Å². The predicted octanol–water partition coefficient (Wildman–Crippen LogP) is 4.36. The zero-order valence-corrected chi connectivity index (χ0v) is 16.5. The van der Waals surface area contributed by atoms with Gasteiger partial charge in [-0.05, 0) is 55.9 Å². The molecule has 1 N–H and O–H groups in total. The maximum atomic E-state index is 14.8. The number of nitrogens with zero attached hydrogens (tertiary/aromatic N) is 2. The molecule has 1 aliphatic carbocycles. The molecule has 2 aliphatic rings. The third kappa shape index (κ3) is 3.65. The molecule has 1 atom stereocenters. The molecule has 5 heteroatoms. The number of benzene rings is 2. The van der Waals surface area contributed by atoms with Gasteiger partial charge >= 0.3 is 0 Å². The van der Waals surface area contributed by atoms with Gasteiger partial charge in [0.05, 0.1) is 0 Å². The van der Waals surface area contributed by atoms with Gasteiger partial charge in [-0.15, -0.1) is 0 Å². The van der Waals surface area contributed by atoms with E-state index < -0.39 is 17.7 Å². The Morgan fingerprint density at radius 1 is 0.929 bits per heavy atom. The lowest BCUT2D eigenvalue weighted by molar-refractivity contribution is 0.0916. The van der Waals surface area contributed by atoms with Gasteiger partial charge in [0.15, 0.2) is 0 Å². The van der Waals surface area contributed by atoms with Gasteiger partial charge in [0.1, 0.15) is 23.4 Å². The van der Waals surface area contributed by atoms with Crippen molar-refractivity contribution >= 4 is 5.69 Å². The Bertz CT molecular complexity index is 805. The zero-order chi connectivity index (χ0) is 19.9. The van der Waals surface area contributed by atoms with Gasteiger partial charge in [0.25, 0.3) is 0 Å². The van der Waals surface area contributed by atoms with Crippen LogP contribution in [0.25, 0.3) is 0 Å². The summed E-state index contributed by atoms with van der Waals surface area (Å²) >= 11 is 0. The van der Waals surface area contributed by atoms with E-state index in [1.54, 1.807) is 29.2 Å². The molecule has 4 rings (SSSR count). The van der Waals surface area contributed by atoms with Gasteiger partial charge < -0.3 is 10.0 Å². The highest BCUT2D eigenvalue weighted by molar-refractivity contribution is 5.52. The average Bonchev–Trinajstić information content (AvgIpc) is 3.54. The highest BCUT2D eigenvalue weighted by Gasteiger charge is 2.43. The summed E-state index contributed by atoms with van der Waals surface area (Å²) in [5.74, 6) is -0.481. The van der Waals surface area contributed by atoms with Crippen LogP contribution in [0.2, 0.25) is 0 Å². The number of hydrogen-bond donors (Lipinski definition) is 1. The quantitative estimate of drug-likeness (QED) is 0.827. The molecular formula is C23H28F2N2O. The summed E-state index contributed by atoms with van der Waals surface area (Å²) < 4.78 is 29.7. The molecule has 0 amide bonds. The van der Waals surface area contributed by atoms with Crippen LogP contribution < -0.4 is 4.90 Å². The van der Waals surface area contributed by atoms with E-state index in [-0.39, 0.29) is 16.8 Å². The molecule has 150 valence electrons. The minimum Gasteiger partial charge on any atom is -0.384 e. The lowest BCUT2D eigenvalue weighted by atomic mass is 9.95. The molecule has 1 saturated heterocycles. The van der Waals surface area contributed by atoms with Crippen molar-refractivity contribution in [2.24, 2.45) is 5.92 Å². The normalized spacial score (nSPS) is 19.7. The van der Waals surface area contributed by atoms with Crippen molar-refractivity contribution in [1.82, 2.24) is 4.90 Å². The summed E-state index contributed by atoms with van der Waals surface area (Å²) in [6.45, 7) is 7.37. The summed E-state index contributed by atoms with van der Waals surface area (Å²) in [5.41, 5.74) is 1.03. The molecule has 1 aliphatic heterocycles. The molecule has 0 radical (unpaired) electrons. The first kappa shape index (κ1) is 19.3. The van der Waals surface area contributed by atoms with Crippen LogP contribution in [-0.4, -0.2) is 41.7 Å². The molecule has 0 bridgehead atoms. The second-order valence-corrected chi connectivity index (χ2v) is 8.55. The number of piperazine rings is 1. The van der Waals surface area contributed by atoms with Gasteiger partial charge in [-0.2, -0.15) is 0 Å². The molecule has 1 unspecified atom stereocenters. The van der Waals surface area contributed by atoms with Gasteiger partial charge in [-0.25, -0.2) is 8.78 Å². The molecule has 3 nitrogen and oxygen atoms in total. The topological polar surface area (TPSA) is 26.7 Å². The van der Waals surface area contributed by atoms with E-state index in [4.69, 9.17) is 0 Å². The Balaban J connectivity index is 1.50. The van der Waals surface area contributed by atoms with Gasteiger partial charge in [0, 0.05) is 31.7 Å². The standard InChI is InChI=1S/C23H28F2N2O/c1-23(2,18-8-9-18)27-12-10-26(11-13-27)21-19(24)14-17(15-20(21)25)22(28)16-6-4-3-5-7-16/h3-7,14-15,18,22,28H,8-13H2,1-2H3. The molecule has 2 fully saturated rings. The fourth-order valence-electron chi connectivity index (χ4n) is 4.43. The third-order valence-corrected chi connectivity index (χ3v) is 6.46. The highest BCUT2D eigenvalue weighted by Crippen LogP contribution is 2.43. The number of anilines is 1. The fraction of sp³-hybridized carbons (Fsp3) is 0.478. The van der Waals surface area contributed by atoms with Crippen molar-refractivity contribution in [3.05, 3.63) is 65.2 Å². The Hall–Kier alpha value is -1.98. The van der Waals surface area contributed by atoms with Crippen molar-refractivity contribution in [3.63, 3.8) is 0 Å².